The number of halogens is 1. The maximum absolute atomic E-state index is 13.4. The number of ether oxygens (including phenoxy) is 1. The van der Waals surface area contributed by atoms with Crippen LogP contribution in [0.2, 0.25) is 0 Å². The van der Waals surface area contributed by atoms with Crippen LogP contribution in [0, 0.1) is 5.82 Å². The normalized spacial score (nSPS) is 17.7. The number of aliphatic hydroxyl groups excluding tert-OH is 1. The largest absolute Gasteiger partial charge is 0.507 e. The van der Waals surface area contributed by atoms with E-state index in [1.807, 2.05) is 0 Å². The van der Waals surface area contributed by atoms with Crippen molar-refractivity contribution in [1.29, 1.82) is 0 Å². The van der Waals surface area contributed by atoms with Crippen molar-refractivity contribution < 1.29 is 33.3 Å². The number of benzene rings is 2. The summed E-state index contributed by atoms with van der Waals surface area (Å²) in [5.41, 5.74) is 0.484. The van der Waals surface area contributed by atoms with E-state index < -0.39 is 29.3 Å². The van der Waals surface area contributed by atoms with Gasteiger partial charge >= 0.3 is 0 Å². The fourth-order valence-corrected chi connectivity index (χ4v) is 3.70. The number of carbonyl (C=O) groups is 2. The Morgan fingerprint density at radius 3 is 2.56 bits per heavy atom. The molecule has 0 radical (unpaired) electrons. The second kappa shape index (κ2) is 8.58. The number of aromatic hydroxyl groups is 1. The van der Waals surface area contributed by atoms with Crippen LogP contribution in [0.15, 0.2) is 70.9 Å². The van der Waals surface area contributed by atoms with E-state index in [-0.39, 0.29) is 29.2 Å². The Labute approximate surface area is 183 Å². The molecule has 1 aromatic heterocycles. The number of hydrogen-bond acceptors (Lipinski definition) is 6. The van der Waals surface area contributed by atoms with Gasteiger partial charge in [-0.2, -0.15) is 0 Å². The molecule has 1 aliphatic rings. The average Bonchev–Trinajstić information content (AvgIpc) is 3.38. The van der Waals surface area contributed by atoms with Gasteiger partial charge in [0, 0.05) is 5.56 Å². The number of amides is 1. The first kappa shape index (κ1) is 21.2. The molecule has 8 heteroatoms. The van der Waals surface area contributed by atoms with Crippen molar-refractivity contribution in [3.63, 3.8) is 0 Å². The van der Waals surface area contributed by atoms with Gasteiger partial charge in [-0.3, -0.25) is 9.59 Å². The number of aliphatic hydroxyl groups is 1. The monoisotopic (exact) mass is 437 g/mol. The second-order valence-electron chi connectivity index (χ2n) is 7.17. The molecule has 0 bridgehead atoms. The molecule has 32 heavy (non-hydrogen) atoms. The van der Waals surface area contributed by atoms with E-state index in [4.69, 9.17) is 9.15 Å². The minimum absolute atomic E-state index is 0.0206. The molecule has 1 atom stereocenters. The fraction of sp³-hybridized carbons (Fsp3) is 0.167. The van der Waals surface area contributed by atoms with Crippen LogP contribution < -0.4 is 4.74 Å². The smallest absolute Gasteiger partial charge is 0.296 e. The summed E-state index contributed by atoms with van der Waals surface area (Å²) in [4.78, 5) is 27.2. The van der Waals surface area contributed by atoms with E-state index in [1.54, 1.807) is 25.1 Å². The number of ketones is 1. The van der Waals surface area contributed by atoms with Gasteiger partial charge < -0.3 is 24.3 Å². The molecule has 3 aromatic rings. The van der Waals surface area contributed by atoms with Crippen LogP contribution in [0.5, 0.6) is 11.5 Å². The van der Waals surface area contributed by atoms with Crippen LogP contribution in [-0.4, -0.2) is 33.4 Å². The lowest BCUT2D eigenvalue weighted by molar-refractivity contribution is -0.140. The van der Waals surface area contributed by atoms with Crippen molar-refractivity contribution >= 4 is 17.4 Å². The molecule has 164 valence electrons. The number of furan rings is 1. The number of phenolic OH excluding ortho intramolecular Hbond substituents is 1. The van der Waals surface area contributed by atoms with Gasteiger partial charge in [-0.05, 0) is 61.0 Å². The third kappa shape index (κ3) is 3.82. The van der Waals surface area contributed by atoms with Gasteiger partial charge in [-0.1, -0.05) is 6.07 Å². The molecular weight excluding hydrogens is 417 g/mol. The number of likely N-dealkylation sites (tertiary alicyclic amines) is 1. The zero-order valence-electron chi connectivity index (χ0n) is 17.1. The van der Waals surface area contributed by atoms with Crippen molar-refractivity contribution in [1.82, 2.24) is 4.90 Å². The van der Waals surface area contributed by atoms with Gasteiger partial charge in [0.15, 0.2) is 11.5 Å². The van der Waals surface area contributed by atoms with Crippen LogP contribution in [0.3, 0.4) is 0 Å². The first-order valence-corrected chi connectivity index (χ1v) is 9.93. The SMILES string of the molecule is CCOc1cc(C2C(=C(O)c3ccc(F)cc3)C(=O)C(=O)N2Cc2ccco2)ccc1O. The first-order chi connectivity index (χ1) is 15.4. The van der Waals surface area contributed by atoms with Crippen molar-refractivity contribution in [2.45, 2.75) is 19.5 Å². The standard InChI is InChI=1S/C24H20FNO6/c1-2-31-19-12-15(7-10-18(19)27)21-20(22(28)14-5-8-16(25)9-6-14)23(29)24(30)26(21)13-17-4-3-11-32-17/h3-12,21,27-28H,2,13H2,1H3. The zero-order valence-corrected chi connectivity index (χ0v) is 17.1. The number of hydrogen-bond donors (Lipinski definition) is 2. The lowest BCUT2D eigenvalue weighted by Gasteiger charge is -2.25. The number of rotatable bonds is 6. The molecule has 1 amide bonds. The van der Waals surface area contributed by atoms with Crippen LogP contribution in [0.25, 0.3) is 5.76 Å². The maximum Gasteiger partial charge on any atom is 0.296 e. The fourth-order valence-electron chi connectivity index (χ4n) is 3.70. The highest BCUT2D eigenvalue weighted by Gasteiger charge is 2.46. The summed E-state index contributed by atoms with van der Waals surface area (Å²) in [7, 11) is 0. The van der Waals surface area contributed by atoms with Gasteiger partial charge in [0.1, 0.15) is 17.3 Å². The molecule has 7 nitrogen and oxygen atoms in total. The molecule has 1 fully saturated rings. The summed E-state index contributed by atoms with van der Waals surface area (Å²) < 4.78 is 24.2. The van der Waals surface area contributed by atoms with Crippen LogP contribution >= 0.6 is 0 Å². The molecule has 0 saturated carbocycles. The lowest BCUT2D eigenvalue weighted by Crippen LogP contribution is -2.29. The maximum atomic E-state index is 13.4. The van der Waals surface area contributed by atoms with E-state index in [0.717, 1.165) is 12.1 Å². The minimum atomic E-state index is -0.982. The quantitative estimate of drug-likeness (QED) is 0.342. The van der Waals surface area contributed by atoms with E-state index >= 15 is 0 Å². The highest BCUT2D eigenvalue weighted by atomic mass is 19.1. The summed E-state index contributed by atoms with van der Waals surface area (Å²) >= 11 is 0. The topological polar surface area (TPSA) is 100 Å². The Kier molecular flexibility index (Phi) is 5.68. The van der Waals surface area contributed by atoms with Gasteiger partial charge in [0.05, 0.1) is 31.0 Å². The number of Topliss-reactive ketones (excluding diaryl/α,β-unsaturated/α-hetero) is 1. The van der Waals surface area contributed by atoms with Gasteiger partial charge in [0.25, 0.3) is 11.7 Å². The summed E-state index contributed by atoms with van der Waals surface area (Å²) in [6.45, 7) is 2.02. The predicted octanol–water partition coefficient (Wildman–Crippen LogP) is 4.14. The Hall–Kier alpha value is -4.07. The second-order valence-corrected chi connectivity index (χ2v) is 7.17. The van der Waals surface area contributed by atoms with Crippen molar-refractivity contribution in [2.75, 3.05) is 6.61 Å². The highest BCUT2D eigenvalue weighted by molar-refractivity contribution is 6.46. The Bertz CT molecular complexity index is 1180. The number of phenols is 1. The minimum Gasteiger partial charge on any atom is -0.507 e. The summed E-state index contributed by atoms with van der Waals surface area (Å²) in [5, 5.41) is 21.0. The van der Waals surface area contributed by atoms with Gasteiger partial charge in [0.2, 0.25) is 0 Å². The molecule has 2 aromatic carbocycles. The third-order valence-electron chi connectivity index (χ3n) is 5.16. The highest BCUT2D eigenvalue weighted by Crippen LogP contribution is 2.42. The van der Waals surface area contributed by atoms with E-state index in [2.05, 4.69) is 0 Å². The zero-order chi connectivity index (χ0) is 22.8. The van der Waals surface area contributed by atoms with Crippen molar-refractivity contribution in [3.8, 4) is 11.5 Å². The molecule has 0 aliphatic carbocycles. The summed E-state index contributed by atoms with van der Waals surface area (Å²) in [6.07, 6.45) is 1.45. The molecule has 2 heterocycles. The van der Waals surface area contributed by atoms with E-state index in [0.29, 0.717) is 17.9 Å². The Morgan fingerprint density at radius 2 is 1.91 bits per heavy atom. The van der Waals surface area contributed by atoms with Crippen molar-refractivity contribution in [2.24, 2.45) is 0 Å². The van der Waals surface area contributed by atoms with Crippen LogP contribution in [0.4, 0.5) is 4.39 Å². The Balaban J connectivity index is 1.88. The van der Waals surface area contributed by atoms with Gasteiger partial charge in [-0.25, -0.2) is 4.39 Å². The molecule has 1 aliphatic heterocycles. The van der Waals surface area contributed by atoms with Gasteiger partial charge in [-0.15, -0.1) is 0 Å². The lowest BCUT2D eigenvalue weighted by atomic mass is 9.95. The summed E-state index contributed by atoms with van der Waals surface area (Å²) in [6, 6.07) is 11.7. The summed E-state index contributed by atoms with van der Waals surface area (Å²) in [5.74, 6) is -2.11. The molecule has 1 unspecified atom stereocenters. The molecule has 2 N–H and O–H groups in total. The molecule has 0 spiro atoms. The molecule has 1 saturated heterocycles. The molecule has 4 rings (SSSR count). The van der Waals surface area contributed by atoms with E-state index in [1.165, 1.54) is 35.4 Å². The molecular formula is C24H20FNO6. The Morgan fingerprint density at radius 1 is 1.16 bits per heavy atom. The predicted molar refractivity (Wildman–Crippen MR) is 112 cm³/mol. The van der Waals surface area contributed by atoms with Crippen molar-refractivity contribution in [3.05, 3.63) is 89.1 Å². The number of nitrogens with zero attached hydrogens (tertiary/aromatic N) is 1. The van der Waals surface area contributed by atoms with E-state index in [9.17, 15) is 24.2 Å². The average molecular weight is 437 g/mol. The van der Waals surface area contributed by atoms with Crippen LogP contribution in [-0.2, 0) is 16.1 Å². The number of carbonyl (C=O) groups excluding carboxylic acids is 2. The third-order valence-corrected chi connectivity index (χ3v) is 5.16. The van der Waals surface area contributed by atoms with Crippen LogP contribution in [0.1, 0.15) is 29.9 Å². The first-order valence-electron chi connectivity index (χ1n) is 9.93.